The molecule has 6 nitrogen and oxygen atoms in total. The first-order chi connectivity index (χ1) is 9.00. The van der Waals surface area contributed by atoms with Crippen molar-refractivity contribution in [3.8, 4) is 11.4 Å². The minimum atomic E-state index is -0.746. The highest BCUT2D eigenvalue weighted by molar-refractivity contribution is 5.61. The molecule has 1 aromatic heterocycles. The zero-order chi connectivity index (χ0) is 14.0. The molecule has 0 aliphatic heterocycles. The van der Waals surface area contributed by atoms with Crippen LogP contribution in [0, 0.1) is 10.1 Å². The van der Waals surface area contributed by atoms with Crippen LogP contribution >= 0.6 is 0 Å². The molecule has 98 valence electrons. The van der Waals surface area contributed by atoms with E-state index in [4.69, 9.17) is 0 Å². The van der Waals surface area contributed by atoms with Crippen LogP contribution in [0.15, 0.2) is 35.3 Å². The molecule has 1 N–H and O–H groups in total. The SMILES string of the molecule is CC(C)c1ccccc1-c1ncc([N+](=O)[O-])c(=O)[nH]1. The Kier molecular flexibility index (Phi) is 3.41. The van der Waals surface area contributed by atoms with Gasteiger partial charge in [-0.3, -0.25) is 14.9 Å². The number of hydrogen-bond acceptors (Lipinski definition) is 4. The summed E-state index contributed by atoms with van der Waals surface area (Å²) in [6.07, 6.45) is 0.991. The highest BCUT2D eigenvalue weighted by atomic mass is 16.6. The average molecular weight is 259 g/mol. The van der Waals surface area contributed by atoms with Crippen LogP contribution < -0.4 is 5.56 Å². The quantitative estimate of drug-likeness (QED) is 0.677. The van der Waals surface area contributed by atoms with Crippen molar-refractivity contribution in [1.82, 2.24) is 9.97 Å². The summed E-state index contributed by atoms with van der Waals surface area (Å²) in [5, 5.41) is 10.6. The van der Waals surface area contributed by atoms with Gasteiger partial charge in [0, 0.05) is 5.56 Å². The molecule has 2 rings (SSSR count). The van der Waals surface area contributed by atoms with Crippen molar-refractivity contribution < 1.29 is 4.92 Å². The molecule has 0 spiro atoms. The predicted molar refractivity (Wildman–Crippen MR) is 71.0 cm³/mol. The van der Waals surface area contributed by atoms with Crippen LogP contribution in [0.2, 0.25) is 0 Å². The van der Waals surface area contributed by atoms with E-state index in [0.717, 1.165) is 17.3 Å². The molecule has 19 heavy (non-hydrogen) atoms. The van der Waals surface area contributed by atoms with Gasteiger partial charge in [0.05, 0.1) is 4.92 Å². The summed E-state index contributed by atoms with van der Waals surface area (Å²) in [7, 11) is 0. The molecule has 0 saturated heterocycles. The van der Waals surface area contributed by atoms with Crippen molar-refractivity contribution in [3.63, 3.8) is 0 Å². The number of aromatic nitrogens is 2. The van der Waals surface area contributed by atoms with E-state index in [1.54, 1.807) is 0 Å². The second-order valence-electron chi connectivity index (χ2n) is 4.45. The summed E-state index contributed by atoms with van der Waals surface area (Å²) in [6.45, 7) is 4.06. The van der Waals surface area contributed by atoms with Crippen LogP contribution in [0.25, 0.3) is 11.4 Å². The fourth-order valence-corrected chi connectivity index (χ4v) is 1.87. The van der Waals surface area contributed by atoms with Crippen LogP contribution in [0.3, 0.4) is 0 Å². The minimum Gasteiger partial charge on any atom is -0.301 e. The Balaban J connectivity index is 2.58. The lowest BCUT2D eigenvalue weighted by atomic mass is 9.97. The number of nitrogens with one attached hydrogen (secondary N) is 1. The van der Waals surface area contributed by atoms with Gasteiger partial charge >= 0.3 is 11.2 Å². The highest BCUT2D eigenvalue weighted by Gasteiger charge is 2.15. The van der Waals surface area contributed by atoms with Crippen molar-refractivity contribution in [2.75, 3.05) is 0 Å². The average Bonchev–Trinajstić information content (AvgIpc) is 2.38. The molecule has 0 unspecified atom stereocenters. The molecule has 0 radical (unpaired) electrons. The lowest BCUT2D eigenvalue weighted by Crippen LogP contribution is -2.13. The van der Waals surface area contributed by atoms with Gasteiger partial charge in [-0.25, -0.2) is 4.98 Å². The number of rotatable bonds is 3. The lowest BCUT2D eigenvalue weighted by Gasteiger charge is -2.11. The Hall–Kier alpha value is -2.50. The molecule has 0 bridgehead atoms. The minimum absolute atomic E-state index is 0.261. The van der Waals surface area contributed by atoms with Crippen molar-refractivity contribution in [1.29, 1.82) is 0 Å². The summed E-state index contributed by atoms with van der Waals surface area (Å²) in [5.41, 5.74) is 0.517. The van der Waals surface area contributed by atoms with E-state index in [2.05, 4.69) is 9.97 Å². The van der Waals surface area contributed by atoms with Crippen LogP contribution in [-0.2, 0) is 0 Å². The second-order valence-corrected chi connectivity index (χ2v) is 4.45. The largest absolute Gasteiger partial charge is 0.351 e. The maximum atomic E-state index is 11.6. The van der Waals surface area contributed by atoms with E-state index in [1.165, 1.54) is 0 Å². The molecule has 0 atom stereocenters. The molecule has 6 heteroatoms. The van der Waals surface area contributed by atoms with Gasteiger partial charge < -0.3 is 4.98 Å². The van der Waals surface area contributed by atoms with Gasteiger partial charge in [0.2, 0.25) is 0 Å². The zero-order valence-corrected chi connectivity index (χ0v) is 10.6. The number of nitrogens with zero attached hydrogens (tertiary/aromatic N) is 2. The standard InChI is InChI=1S/C13H13N3O3/c1-8(2)9-5-3-4-6-10(9)12-14-7-11(16(18)19)13(17)15-12/h3-8H,1-2H3,(H,14,15,17). The third-order valence-corrected chi connectivity index (χ3v) is 2.82. The summed E-state index contributed by atoms with van der Waals surface area (Å²) in [6, 6.07) is 7.52. The van der Waals surface area contributed by atoms with E-state index in [1.807, 2.05) is 38.1 Å². The third kappa shape index (κ3) is 2.52. The summed E-state index contributed by atoms with van der Waals surface area (Å²) in [4.78, 5) is 27.9. The van der Waals surface area contributed by atoms with Crippen LogP contribution in [-0.4, -0.2) is 14.9 Å². The van der Waals surface area contributed by atoms with Crippen molar-refractivity contribution >= 4 is 5.69 Å². The van der Waals surface area contributed by atoms with Crippen molar-refractivity contribution in [2.45, 2.75) is 19.8 Å². The fraction of sp³-hybridized carbons (Fsp3) is 0.231. The van der Waals surface area contributed by atoms with Gasteiger partial charge in [0.15, 0.2) is 0 Å². The Labute approximate surface area is 109 Å². The van der Waals surface area contributed by atoms with Gasteiger partial charge in [-0.15, -0.1) is 0 Å². The lowest BCUT2D eigenvalue weighted by molar-refractivity contribution is -0.386. The number of benzene rings is 1. The topological polar surface area (TPSA) is 88.9 Å². The fourth-order valence-electron chi connectivity index (χ4n) is 1.87. The zero-order valence-electron chi connectivity index (χ0n) is 10.6. The monoisotopic (exact) mass is 259 g/mol. The van der Waals surface area contributed by atoms with E-state index in [-0.39, 0.29) is 5.92 Å². The number of aromatic amines is 1. The molecule has 1 aromatic carbocycles. The summed E-state index contributed by atoms with van der Waals surface area (Å²) >= 11 is 0. The van der Waals surface area contributed by atoms with Gasteiger partial charge in [-0.1, -0.05) is 38.1 Å². The number of H-pyrrole nitrogens is 1. The predicted octanol–water partition coefficient (Wildman–Crippen LogP) is 2.47. The Morgan fingerprint density at radius 3 is 2.58 bits per heavy atom. The molecule has 0 amide bonds. The van der Waals surface area contributed by atoms with E-state index >= 15 is 0 Å². The Morgan fingerprint density at radius 1 is 1.32 bits per heavy atom. The Morgan fingerprint density at radius 2 is 2.00 bits per heavy atom. The molecular weight excluding hydrogens is 246 g/mol. The van der Waals surface area contributed by atoms with Crippen LogP contribution in [0.4, 0.5) is 5.69 Å². The molecule has 1 heterocycles. The van der Waals surface area contributed by atoms with Crippen LogP contribution in [0.5, 0.6) is 0 Å². The van der Waals surface area contributed by atoms with Gasteiger partial charge in [0.1, 0.15) is 12.0 Å². The van der Waals surface area contributed by atoms with Gasteiger partial charge in [-0.05, 0) is 11.5 Å². The molecule has 0 aliphatic carbocycles. The smallest absolute Gasteiger partial charge is 0.301 e. The molecule has 0 fully saturated rings. The van der Waals surface area contributed by atoms with Crippen LogP contribution in [0.1, 0.15) is 25.3 Å². The maximum Gasteiger partial charge on any atom is 0.351 e. The third-order valence-electron chi connectivity index (χ3n) is 2.82. The number of hydrogen-bond donors (Lipinski definition) is 1. The Bertz CT molecular complexity index is 677. The van der Waals surface area contributed by atoms with E-state index in [9.17, 15) is 14.9 Å². The molecule has 0 aliphatic rings. The highest BCUT2D eigenvalue weighted by Crippen LogP contribution is 2.26. The first kappa shape index (κ1) is 12.9. The maximum absolute atomic E-state index is 11.6. The summed E-state index contributed by atoms with van der Waals surface area (Å²) in [5.74, 6) is 0.608. The first-order valence-corrected chi connectivity index (χ1v) is 5.83. The summed E-state index contributed by atoms with van der Waals surface area (Å²) < 4.78 is 0. The normalized spacial score (nSPS) is 10.7. The van der Waals surface area contributed by atoms with Crippen molar-refractivity contribution in [3.05, 3.63) is 56.5 Å². The van der Waals surface area contributed by atoms with E-state index in [0.29, 0.717) is 5.82 Å². The van der Waals surface area contributed by atoms with Crippen molar-refractivity contribution in [2.24, 2.45) is 0 Å². The molecule has 0 saturated carbocycles. The second kappa shape index (κ2) is 5.01. The molecular formula is C13H13N3O3. The first-order valence-electron chi connectivity index (χ1n) is 5.83. The number of nitro groups is 1. The van der Waals surface area contributed by atoms with Gasteiger partial charge in [-0.2, -0.15) is 0 Å². The molecule has 2 aromatic rings. The van der Waals surface area contributed by atoms with Gasteiger partial charge in [0.25, 0.3) is 0 Å². The van der Waals surface area contributed by atoms with E-state index < -0.39 is 16.2 Å².